The topological polar surface area (TPSA) is 77.8 Å². The molecule has 5 rings (SSSR count). The monoisotopic (exact) mass is 391 g/mol. The third-order valence-corrected chi connectivity index (χ3v) is 7.14. The molecule has 0 aromatic heterocycles. The van der Waals surface area contributed by atoms with Gasteiger partial charge in [-0.2, -0.15) is 0 Å². The van der Waals surface area contributed by atoms with Gasteiger partial charge in [-0.1, -0.05) is 36.4 Å². The number of rotatable bonds is 4. The molecule has 2 N–H and O–H groups in total. The lowest BCUT2D eigenvalue weighted by Gasteiger charge is -2.34. The summed E-state index contributed by atoms with van der Waals surface area (Å²) in [6, 6.07) is 15.5. The molecule has 0 radical (unpaired) electrons. The number of aromatic carboxylic acids is 1. The number of carboxylic acids is 1. The zero-order valence-electron chi connectivity index (χ0n) is 16.3. The third kappa shape index (κ3) is 3.23. The van der Waals surface area contributed by atoms with Gasteiger partial charge in [0.15, 0.2) is 0 Å². The van der Waals surface area contributed by atoms with E-state index in [1.54, 1.807) is 12.1 Å². The number of carboxylic acid groups (broad SMARTS) is 1. The SMILES string of the molecule is O=C(O)c1ccc(-c2ccc([C@@H]3CC34CCN(C(=O)C3(O)CC3)CC4)cc2)cc1. The zero-order chi connectivity index (χ0) is 20.2. The van der Waals surface area contributed by atoms with Gasteiger partial charge in [0.1, 0.15) is 5.60 Å². The van der Waals surface area contributed by atoms with Crippen molar-refractivity contribution in [1.82, 2.24) is 4.90 Å². The van der Waals surface area contributed by atoms with Crippen molar-refractivity contribution < 1.29 is 19.8 Å². The Bertz CT molecular complexity index is 951. The van der Waals surface area contributed by atoms with Gasteiger partial charge in [0, 0.05) is 13.1 Å². The molecule has 2 saturated carbocycles. The summed E-state index contributed by atoms with van der Waals surface area (Å²) in [6.07, 6.45) is 4.42. The van der Waals surface area contributed by atoms with Gasteiger partial charge in [-0.15, -0.1) is 0 Å². The standard InChI is InChI=1S/C24H25NO4/c26-21(27)19-7-3-17(4-8-19)16-1-5-18(6-2-16)20-15-23(20)11-13-25(14-12-23)22(28)24(29)9-10-24/h1-8,20,29H,9-15H2,(H,26,27)/t20-/m0/s1. The second-order valence-electron chi connectivity index (χ2n) is 8.95. The highest BCUT2D eigenvalue weighted by Crippen LogP contribution is 2.65. The van der Waals surface area contributed by atoms with Gasteiger partial charge < -0.3 is 15.1 Å². The van der Waals surface area contributed by atoms with Crippen LogP contribution in [0.1, 0.15) is 53.9 Å². The van der Waals surface area contributed by atoms with Crippen molar-refractivity contribution >= 4 is 11.9 Å². The number of carbonyl (C=O) groups excluding carboxylic acids is 1. The van der Waals surface area contributed by atoms with Crippen molar-refractivity contribution in [3.05, 3.63) is 59.7 Å². The maximum Gasteiger partial charge on any atom is 0.335 e. The van der Waals surface area contributed by atoms with Gasteiger partial charge in [-0.3, -0.25) is 4.79 Å². The number of amides is 1. The zero-order valence-corrected chi connectivity index (χ0v) is 16.3. The lowest BCUT2D eigenvalue weighted by atomic mass is 9.88. The highest BCUT2D eigenvalue weighted by atomic mass is 16.4. The summed E-state index contributed by atoms with van der Waals surface area (Å²) in [5.41, 5.74) is 3.00. The largest absolute Gasteiger partial charge is 0.478 e. The first kappa shape index (κ1) is 18.4. The minimum Gasteiger partial charge on any atom is -0.478 e. The summed E-state index contributed by atoms with van der Waals surface area (Å²) in [7, 11) is 0. The molecule has 5 heteroatoms. The lowest BCUT2D eigenvalue weighted by Crippen LogP contribution is -2.45. The number of likely N-dealkylation sites (tertiary alicyclic amines) is 1. The maximum atomic E-state index is 12.3. The first-order valence-electron chi connectivity index (χ1n) is 10.4. The second-order valence-corrected chi connectivity index (χ2v) is 8.95. The molecule has 1 spiro atoms. The third-order valence-electron chi connectivity index (χ3n) is 7.14. The first-order valence-corrected chi connectivity index (χ1v) is 10.4. The number of aliphatic hydroxyl groups is 1. The molecule has 3 aliphatic rings. The number of benzene rings is 2. The molecule has 1 saturated heterocycles. The molecule has 1 aliphatic heterocycles. The molecule has 5 nitrogen and oxygen atoms in total. The molecule has 0 bridgehead atoms. The van der Waals surface area contributed by atoms with Crippen LogP contribution in [0.3, 0.4) is 0 Å². The Morgan fingerprint density at radius 1 is 0.862 bits per heavy atom. The molecule has 2 aliphatic carbocycles. The molecular formula is C24H25NO4. The van der Waals surface area contributed by atoms with Gasteiger partial charge in [0.05, 0.1) is 5.56 Å². The number of carbonyl (C=O) groups is 2. The van der Waals surface area contributed by atoms with Gasteiger partial charge >= 0.3 is 5.97 Å². The van der Waals surface area contributed by atoms with E-state index in [9.17, 15) is 14.7 Å². The van der Waals surface area contributed by atoms with Crippen LogP contribution in [0.4, 0.5) is 0 Å². The Kier molecular flexibility index (Phi) is 4.07. The first-order chi connectivity index (χ1) is 13.9. The number of hydrogen-bond acceptors (Lipinski definition) is 3. The van der Waals surface area contributed by atoms with E-state index < -0.39 is 11.6 Å². The van der Waals surface area contributed by atoms with Crippen LogP contribution in [-0.4, -0.2) is 45.7 Å². The molecular weight excluding hydrogens is 366 g/mol. The molecule has 2 aromatic rings. The van der Waals surface area contributed by atoms with Crippen LogP contribution in [0, 0.1) is 5.41 Å². The van der Waals surface area contributed by atoms with Crippen LogP contribution in [0.15, 0.2) is 48.5 Å². The van der Waals surface area contributed by atoms with Crippen molar-refractivity contribution in [2.24, 2.45) is 5.41 Å². The fourth-order valence-corrected chi connectivity index (χ4v) is 4.87. The summed E-state index contributed by atoms with van der Waals surface area (Å²) < 4.78 is 0. The number of hydrogen-bond donors (Lipinski definition) is 2. The van der Waals surface area contributed by atoms with E-state index in [2.05, 4.69) is 24.3 Å². The minimum atomic E-state index is -1.05. The Morgan fingerprint density at radius 2 is 1.41 bits per heavy atom. The Hall–Kier alpha value is -2.66. The van der Waals surface area contributed by atoms with Crippen LogP contribution >= 0.6 is 0 Å². The van der Waals surface area contributed by atoms with E-state index in [0.29, 0.717) is 29.7 Å². The van der Waals surface area contributed by atoms with Crippen molar-refractivity contribution in [1.29, 1.82) is 0 Å². The molecule has 1 amide bonds. The summed E-state index contributed by atoms with van der Waals surface area (Å²) in [5.74, 6) is -0.431. The van der Waals surface area contributed by atoms with Gasteiger partial charge in [-0.05, 0) is 72.3 Å². The highest BCUT2D eigenvalue weighted by Gasteiger charge is 2.57. The van der Waals surface area contributed by atoms with E-state index in [1.807, 2.05) is 17.0 Å². The summed E-state index contributed by atoms with van der Waals surface area (Å²) in [6.45, 7) is 1.51. The highest BCUT2D eigenvalue weighted by molar-refractivity contribution is 5.88. The quantitative estimate of drug-likeness (QED) is 0.834. The Morgan fingerprint density at radius 3 is 1.93 bits per heavy atom. The van der Waals surface area contributed by atoms with E-state index in [-0.39, 0.29) is 5.91 Å². The molecule has 1 heterocycles. The summed E-state index contributed by atoms with van der Waals surface area (Å²) >= 11 is 0. The molecule has 29 heavy (non-hydrogen) atoms. The number of piperidine rings is 1. The van der Waals surface area contributed by atoms with Gasteiger partial charge in [0.2, 0.25) is 0 Å². The molecule has 0 unspecified atom stereocenters. The minimum absolute atomic E-state index is 0.0668. The lowest BCUT2D eigenvalue weighted by molar-refractivity contribution is -0.144. The van der Waals surface area contributed by atoms with E-state index in [4.69, 9.17) is 5.11 Å². The molecule has 1 atom stereocenters. The van der Waals surface area contributed by atoms with Crippen LogP contribution in [0.25, 0.3) is 11.1 Å². The van der Waals surface area contributed by atoms with Gasteiger partial charge in [0.25, 0.3) is 5.91 Å². The van der Waals surface area contributed by atoms with Crippen molar-refractivity contribution in [2.45, 2.75) is 43.6 Å². The predicted molar refractivity (Wildman–Crippen MR) is 109 cm³/mol. The van der Waals surface area contributed by atoms with E-state index in [0.717, 1.165) is 37.1 Å². The fraction of sp³-hybridized carbons (Fsp3) is 0.417. The Balaban J connectivity index is 1.23. The van der Waals surface area contributed by atoms with Crippen LogP contribution < -0.4 is 0 Å². The molecule has 3 fully saturated rings. The van der Waals surface area contributed by atoms with Crippen molar-refractivity contribution in [3.8, 4) is 11.1 Å². The smallest absolute Gasteiger partial charge is 0.335 e. The normalized spacial score (nSPS) is 23.6. The van der Waals surface area contributed by atoms with E-state index >= 15 is 0 Å². The van der Waals surface area contributed by atoms with E-state index in [1.165, 1.54) is 12.0 Å². The maximum absolute atomic E-state index is 12.3. The molecule has 150 valence electrons. The second kappa shape index (κ2) is 6.42. The van der Waals surface area contributed by atoms with Crippen LogP contribution in [-0.2, 0) is 4.79 Å². The predicted octanol–water partition coefficient (Wildman–Crippen LogP) is 3.67. The van der Waals surface area contributed by atoms with Crippen LogP contribution in [0.2, 0.25) is 0 Å². The summed E-state index contributed by atoms with van der Waals surface area (Å²) in [5, 5.41) is 19.1. The summed E-state index contributed by atoms with van der Waals surface area (Å²) in [4.78, 5) is 25.2. The average Bonchev–Trinajstić information content (AvgIpc) is 3.66. The van der Waals surface area contributed by atoms with Crippen molar-refractivity contribution in [2.75, 3.05) is 13.1 Å². The van der Waals surface area contributed by atoms with Crippen LogP contribution in [0.5, 0.6) is 0 Å². The fourth-order valence-electron chi connectivity index (χ4n) is 4.87. The Labute approximate surface area is 170 Å². The molecule has 2 aromatic carbocycles. The van der Waals surface area contributed by atoms with Crippen molar-refractivity contribution in [3.63, 3.8) is 0 Å². The van der Waals surface area contributed by atoms with Gasteiger partial charge in [-0.25, -0.2) is 4.79 Å². The number of nitrogens with zero attached hydrogens (tertiary/aromatic N) is 1. The average molecular weight is 391 g/mol.